The van der Waals surface area contributed by atoms with Crippen LogP contribution < -0.4 is 0 Å². The summed E-state index contributed by atoms with van der Waals surface area (Å²) in [5.41, 5.74) is 7.48. The third-order valence-corrected chi connectivity index (χ3v) is 4.75. The molecule has 98 valence electrons. The predicted molar refractivity (Wildman–Crippen MR) is 79.4 cm³/mol. The number of benzene rings is 2. The van der Waals surface area contributed by atoms with E-state index in [1.165, 1.54) is 27.8 Å². The van der Waals surface area contributed by atoms with Crippen molar-refractivity contribution in [2.45, 2.75) is 18.9 Å². The third-order valence-electron chi connectivity index (χ3n) is 4.75. The normalized spacial score (nSPS) is 19.9. The molecule has 1 heterocycles. The minimum absolute atomic E-state index is 0.469. The monoisotopic (exact) mass is 260 g/mol. The van der Waals surface area contributed by atoms with Crippen LogP contribution in [0.3, 0.4) is 0 Å². The molecule has 1 atom stereocenters. The Kier molecular flexibility index (Phi) is 2.45. The summed E-state index contributed by atoms with van der Waals surface area (Å²) in [7, 11) is 2.21. The maximum atomic E-state index is 9.42. The summed E-state index contributed by atoms with van der Waals surface area (Å²) in [4.78, 5) is 2.45. The van der Waals surface area contributed by atoms with Gasteiger partial charge < -0.3 is 0 Å². The molecule has 0 amide bonds. The SMILES string of the molecule is CN1CCc2cccc3c2[C@H]1Cc1cccc(C#N)c1-3. The summed E-state index contributed by atoms with van der Waals surface area (Å²) in [5.74, 6) is 0. The van der Waals surface area contributed by atoms with Crippen LogP contribution in [0.5, 0.6) is 0 Å². The van der Waals surface area contributed by atoms with Crippen LogP contribution in [-0.2, 0) is 12.8 Å². The van der Waals surface area contributed by atoms with Crippen molar-refractivity contribution in [2.75, 3.05) is 13.6 Å². The minimum atomic E-state index is 0.469. The van der Waals surface area contributed by atoms with Gasteiger partial charge in [0.2, 0.25) is 0 Å². The van der Waals surface area contributed by atoms with Crippen LogP contribution in [0, 0.1) is 11.3 Å². The standard InChI is InChI=1S/C18H16N2/c1-20-9-8-12-4-3-7-15-17-13(10-16(20)18(12)15)5-2-6-14(17)11-19/h2-7,16H,8-10H2,1H3/t16-/m1/s1. The van der Waals surface area contributed by atoms with Crippen LogP contribution in [0.4, 0.5) is 0 Å². The van der Waals surface area contributed by atoms with E-state index in [4.69, 9.17) is 0 Å². The molecule has 0 fully saturated rings. The van der Waals surface area contributed by atoms with Gasteiger partial charge in [-0.2, -0.15) is 5.26 Å². The lowest BCUT2D eigenvalue weighted by atomic mass is 9.76. The zero-order chi connectivity index (χ0) is 13.7. The predicted octanol–water partition coefficient (Wildman–Crippen LogP) is 3.31. The van der Waals surface area contributed by atoms with Crippen molar-refractivity contribution in [3.8, 4) is 17.2 Å². The Bertz CT molecular complexity index is 740. The van der Waals surface area contributed by atoms with E-state index in [0.29, 0.717) is 6.04 Å². The Morgan fingerprint density at radius 1 is 1.15 bits per heavy atom. The van der Waals surface area contributed by atoms with Gasteiger partial charge >= 0.3 is 0 Å². The van der Waals surface area contributed by atoms with Crippen molar-refractivity contribution >= 4 is 0 Å². The lowest BCUT2D eigenvalue weighted by Gasteiger charge is -2.39. The number of likely N-dealkylation sites (N-methyl/N-ethyl adjacent to an activating group) is 1. The summed E-state index contributed by atoms with van der Waals surface area (Å²) in [5, 5.41) is 9.42. The summed E-state index contributed by atoms with van der Waals surface area (Å²) >= 11 is 0. The highest BCUT2D eigenvalue weighted by Crippen LogP contribution is 2.45. The molecule has 1 aliphatic carbocycles. The van der Waals surface area contributed by atoms with Gasteiger partial charge in [-0.1, -0.05) is 30.3 Å². The largest absolute Gasteiger partial charge is 0.299 e. The van der Waals surface area contributed by atoms with Crippen molar-refractivity contribution in [2.24, 2.45) is 0 Å². The molecule has 0 saturated carbocycles. The molecule has 0 bridgehead atoms. The number of nitrogens with zero attached hydrogens (tertiary/aromatic N) is 2. The first-order valence-corrected chi connectivity index (χ1v) is 7.14. The van der Waals surface area contributed by atoms with Gasteiger partial charge in [-0.25, -0.2) is 0 Å². The molecular formula is C18H16N2. The highest BCUT2D eigenvalue weighted by Gasteiger charge is 2.33. The number of fused-ring (bicyclic) bond motifs is 2. The van der Waals surface area contributed by atoms with Crippen LogP contribution in [-0.4, -0.2) is 18.5 Å². The van der Waals surface area contributed by atoms with Crippen molar-refractivity contribution < 1.29 is 0 Å². The van der Waals surface area contributed by atoms with Crippen molar-refractivity contribution in [1.82, 2.24) is 4.90 Å². The summed E-state index contributed by atoms with van der Waals surface area (Å²) in [6.45, 7) is 1.12. The molecule has 20 heavy (non-hydrogen) atoms. The molecule has 2 heteroatoms. The fourth-order valence-corrected chi connectivity index (χ4v) is 3.76. The molecule has 0 aromatic heterocycles. The van der Waals surface area contributed by atoms with Crippen LogP contribution in [0.15, 0.2) is 36.4 Å². The van der Waals surface area contributed by atoms with Crippen LogP contribution >= 0.6 is 0 Å². The molecule has 0 unspecified atom stereocenters. The van der Waals surface area contributed by atoms with Gasteiger partial charge in [-0.05, 0) is 48.2 Å². The van der Waals surface area contributed by atoms with Crippen molar-refractivity contribution in [3.63, 3.8) is 0 Å². The van der Waals surface area contributed by atoms with E-state index in [1.54, 1.807) is 0 Å². The van der Waals surface area contributed by atoms with E-state index in [9.17, 15) is 5.26 Å². The average Bonchev–Trinajstić information content (AvgIpc) is 2.50. The molecule has 0 saturated heterocycles. The zero-order valence-electron chi connectivity index (χ0n) is 11.6. The lowest BCUT2D eigenvalue weighted by molar-refractivity contribution is 0.228. The topological polar surface area (TPSA) is 27.0 Å². The molecule has 0 spiro atoms. The zero-order valence-corrected chi connectivity index (χ0v) is 11.6. The first-order chi connectivity index (χ1) is 9.79. The summed E-state index contributed by atoms with van der Waals surface area (Å²) in [6, 6.07) is 15.5. The maximum absolute atomic E-state index is 9.42. The Labute approximate surface area is 119 Å². The highest BCUT2D eigenvalue weighted by molar-refractivity contribution is 5.80. The smallest absolute Gasteiger partial charge is 0.0998 e. The van der Waals surface area contributed by atoms with E-state index in [1.807, 2.05) is 12.1 Å². The molecule has 0 radical (unpaired) electrons. The quantitative estimate of drug-likeness (QED) is 0.726. The van der Waals surface area contributed by atoms with E-state index < -0.39 is 0 Å². The Balaban J connectivity index is 2.06. The molecule has 2 nitrogen and oxygen atoms in total. The van der Waals surface area contributed by atoms with Gasteiger partial charge in [-0.15, -0.1) is 0 Å². The minimum Gasteiger partial charge on any atom is -0.299 e. The molecule has 2 aliphatic rings. The molecule has 1 aliphatic heterocycles. The number of hydrogen-bond acceptors (Lipinski definition) is 2. The average molecular weight is 260 g/mol. The van der Waals surface area contributed by atoms with Crippen LogP contribution in [0.25, 0.3) is 11.1 Å². The second-order valence-corrected chi connectivity index (χ2v) is 5.78. The van der Waals surface area contributed by atoms with Gasteiger partial charge in [-0.3, -0.25) is 4.90 Å². The van der Waals surface area contributed by atoms with Gasteiger partial charge in [0.15, 0.2) is 0 Å². The van der Waals surface area contributed by atoms with E-state index in [-0.39, 0.29) is 0 Å². The molecule has 4 rings (SSSR count). The lowest BCUT2D eigenvalue weighted by Crippen LogP contribution is -2.35. The van der Waals surface area contributed by atoms with Gasteiger partial charge in [0.1, 0.15) is 0 Å². The third kappa shape index (κ3) is 1.47. The second-order valence-electron chi connectivity index (χ2n) is 5.78. The van der Waals surface area contributed by atoms with E-state index >= 15 is 0 Å². The fraction of sp³-hybridized carbons (Fsp3) is 0.278. The Morgan fingerprint density at radius 2 is 1.95 bits per heavy atom. The van der Waals surface area contributed by atoms with Crippen LogP contribution in [0.1, 0.15) is 28.3 Å². The van der Waals surface area contributed by atoms with Crippen LogP contribution in [0.2, 0.25) is 0 Å². The fourth-order valence-electron chi connectivity index (χ4n) is 3.76. The second kappa shape index (κ2) is 4.19. The Hall–Kier alpha value is -2.11. The Morgan fingerprint density at radius 3 is 2.80 bits per heavy atom. The maximum Gasteiger partial charge on any atom is 0.0998 e. The summed E-state index contributed by atoms with van der Waals surface area (Å²) in [6.07, 6.45) is 2.13. The number of rotatable bonds is 0. The highest BCUT2D eigenvalue weighted by atomic mass is 15.1. The van der Waals surface area contributed by atoms with Gasteiger partial charge in [0, 0.05) is 18.2 Å². The molecule has 2 aromatic carbocycles. The number of nitriles is 1. The van der Waals surface area contributed by atoms with E-state index in [0.717, 1.165) is 24.9 Å². The molecule has 0 N–H and O–H groups in total. The van der Waals surface area contributed by atoms with Crippen molar-refractivity contribution in [1.29, 1.82) is 5.26 Å². The molecular weight excluding hydrogens is 244 g/mol. The number of hydrogen-bond donors (Lipinski definition) is 0. The van der Waals surface area contributed by atoms with Gasteiger partial charge in [0.25, 0.3) is 0 Å². The first kappa shape index (κ1) is 11.7. The van der Waals surface area contributed by atoms with E-state index in [2.05, 4.69) is 42.3 Å². The summed E-state index contributed by atoms with van der Waals surface area (Å²) < 4.78 is 0. The van der Waals surface area contributed by atoms with Gasteiger partial charge in [0.05, 0.1) is 11.6 Å². The molecule has 2 aromatic rings. The van der Waals surface area contributed by atoms with Crippen molar-refractivity contribution in [3.05, 3.63) is 58.7 Å². The first-order valence-electron chi connectivity index (χ1n) is 7.14.